The fourth-order valence-corrected chi connectivity index (χ4v) is 6.93. The van der Waals surface area contributed by atoms with Crippen LogP contribution in [0.15, 0.2) is 0 Å². The van der Waals surface area contributed by atoms with Crippen LogP contribution in [0.25, 0.3) is 0 Å². The minimum absolute atomic E-state index is 0.146. The summed E-state index contributed by atoms with van der Waals surface area (Å²) in [6, 6.07) is 0.604. The summed E-state index contributed by atoms with van der Waals surface area (Å²) in [6.07, 6.45) is 22.4. The Bertz CT molecular complexity index is 505. The van der Waals surface area contributed by atoms with Gasteiger partial charge in [0.15, 0.2) is 0 Å². The van der Waals surface area contributed by atoms with E-state index in [1.165, 1.54) is 96.3 Å². The molecule has 3 aliphatic rings. The van der Waals surface area contributed by atoms with Crippen LogP contribution >= 0.6 is 0 Å². The van der Waals surface area contributed by atoms with Gasteiger partial charge in [-0.25, -0.2) is 0 Å². The molecular formula is C26H48N2O2. The van der Waals surface area contributed by atoms with Gasteiger partial charge >= 0.3 is 5.97 Å². The third-order valence-corrected chi connectivity index (χ3v) is 8.60. The Morgan fingerprint density at radius 2 is 1.67 bits per heavy atom. The second-order valence-electron chi connectivity index (χ2n) is 10.8. The predicted octanol–water partition coefficient (Wildman–Crippen LogP) is 6.05. The van der Waals surface area contributed by atoms with Crippen molar-refractivity contribution in [2.24, 2.45) is 23.7 Å². The molecule has 4 heteroatoms. The molecule has 1 aliphatic heterocycles. The second-order valence-corrected chi connectivity index (χ2v) is 10.8. The number of carbonyl (C=O) groups is 1. The van der Waals surface area contributed by atoms with Crippen LogP contribution in [0.2, 0.25) is 0 Å². The minimum Gasteiger partial charge on any atom is -0.480 e. The van der Waals surface area contributed by atoms with Crippen LogP contribution in [-0.2, 0) is 4.79 Å². The monoisotopic (exact) mass is 420 g/mol. The first-order chi connectivity index (χ1) is 14.6. The van der Waals surface area contributed by atoms with Gasteiger partial charge in [-0.1, -0.05) is 84.0 Å². The van der Waals surface area contributed by atoms with E-state index in [1.54, 1.807) is 0 Å². The van der Waals surface area contributed by atoms with Gasteiger partial charge in [-0.2, -0.15) is 0 Å². The summed E-state index contributed by atoms with van der Waals surface area (Å²) in [5, 5.41) is 13.2. The Balaban J connectivity index is 1.56. The normalized spacial score (nSPS) is 32.8. The van der Waals surface area contributed by atoms with Crippen molar-refractivity contribution in [1.29, 1.82) is 0 Å². The van der Waals surface area contributed by atoms with E-state index in [4.69, 9.17) is 0 Å². The SMILES string of the molecule is CCCCCCCCC1CCC2NC(N(C)CC(=O)O)CC(C3CCCCC3)C2C1. The van der Waals surface area contributed by atoms with Gasteiger partial charge in [-0.15, -0.1) is 0 Å². The quantitative estimate of drug-likeness (QED) is 0.399. The molecule has 0 spiro atoms. The lowest BCUT2D eigenvalue weighted by Gasteiger charge is -2.52. The molecule has 0 aromatic heterocycles. The number of hydrogen-bond donors (Lipinski definition) is 2. The molecule has 1 heterocycles. The van der Waals surface area contributed by atoms with Crippen molar-refractivity contribution in [2.45, 2.75) is 122 Å². The Morgan fingerprint density at radius 1 is 0.933 bits per heavy atom. The van der Waals surface area contributed by atoms with Crippen molar-refractivity contribution in [1.82, 2.24) is 10.2 Å². The van der Waals surface area contributed by atoms with E-state index in [9.17, 15) is 9.90 Å². The molecule has 1 saturated heterocycles. The van der Waals surface area contributed by atoms with Crippen LogP contribution in [0.1, 0.15) is 110 Å². The number of carboxylic acid groups (broad SMARTS) is 1. The molecule has 3 fully saturated rings. The smallest absolute Gasteiger partial charge is 0.317 e. The zero-order valence-electron chi connectivity index (χ0n) is 19.8. The zero-order chi connectivity index (χ0) is 21.3. The molecule has 0 radical (unpaired) electrons. The Labute approximate surface area is 185 Å². The lowest BCUT2D eigenvalue weighted by Crippen LogP contribution is -2.60. The maximum atomic E-state index is 11.3. The fraction of sp³-hybridized carbons (Fsp3) is 0.962. The summed E-state index contributed by atoms with van der Waals surface area (Å²) >= 11 is 0. The van der Waals surface area contributed by atoms with Gasteiger partial charge in [0.2, 0.25) is 0 Å². The number of carboxylic acids is 1. The van der Waals surface area contributed by atoms with Crippen molar-refractivity contribution < 1.29 is 9.90 Å². The van der Waals surface area contributed by atoms with Crippen LogP contribution in [0.4, 0.5) is 0 Å². The van der Waals surface area contributed by atoms with Crippen LogP contribution in [-0.4, -0.2) is 41.8 Å². The molecule has 5 unspecified atom stereocenters. The molecule has 30 heavy (non-hydrogen) atoms. The van der Waals surface area contributed by atoms with Gasteiger partial charge in [0, 0.05) is 6.04 Å². The van der Waals surface area contributed by atoms with Crippen LogP contribution in [0, 0.1) is 23.7 Å². The number of unbranched alkanes of at least 4 members (excludes halogenated alkanes) is 5. The van der Waals surface area contributed by atoms with Gasteiger partial charge in [0.1, 0.15) is 0 Å². The summed E-state index contributed by atoms with van der Waals surface area (Å²) in [5.74, 6) is 2.71. The average Bonchev–Trinajstić information content (AvgIpc) is 2.75. The van der Waals surface area contributed by atoms with Crippen molar-refractivity contribution in [2.75, 3.05) is 13.6 Å². The van der Waals surface area contributed by atoms with Gasteiger partial charge in [-0.05, 0) is 56.4 Å². The highest BCUT2D eigenvalue weighted by atomic mass is 16.4. The molecule has 0 amide bonds. The third-order valence-electron chi connectivity index (χ3n) is 8.60. The van der Waals surface area contributed by atoms with E-state index in [0.717, 1.165) is 30.1 Å². The van der Waals surface area contributed by atoms with E-state index >= 15 is 0 Å². The van der Waals surface area contributed by atoms with E-state index in [-0.39, 0.29) is 12.7 Å². The summed E-state index contributed by atoms with van der Waals surface area (Å²) in [7, 11) is 1.99. The lowest BCUT2D eigenvalue weighted by atomic mass is 9.62. The van der Waals surface area contributed by atoms with E-state index < -0.39 is 5.97 Å². The van der Waals surface area contributed by atoms with Crippen molar-refractivity contribution in [3.8, 4) is 0 Å². The fourth-order valence-electron chi connectivity index (χ4n) is 6.93. The van der Waals surface area contributed by atoms with Crippen molar-refractivity contribution in [3.05, 3.63) is 0 Å². The number of likely N-dealkylation sites (N-methyl/N-ethyl adjacent to an activating group) is 1. The number of hydrogen-bond acceptors (Lipinski definition) is 3. The highest BCUT2D eigenvalue weighted by molar-refractivity contribution is 5.69. The van der Waals surface area contributed by atoms with E-state index in [1.807, 2.05) is 7.05 Å². The van der Waals surface area contributed by atoms with Crippen LogP contribution in [0.3, 0.4) is 0 Å². The standard InChI is InChI=1S/C26H48N2O2/c1-3-4-5-6-7-9-12-20-15-16-24-23(17-20)22(21-13-10-8-11-14-21)18-25(27-24)28(2)19-26(29)30/h20-25,27H,3-19H2,1-2H3,(H,29,30). The predicted molar refractivity (Wildman–Crippen MR) is 124 cm³/mol. The van der Waals surface area contributed by atoms with Gasteiger partial charge in [0.25, 0.3) is 0 Å². The molecule has 174 valence electrons. The molecule has 0 bridgehead atoms. The van der Waals surface area contributed by atoms with Crippen molar-refractivity contribution in [3.63, 3.8) is 0 Å². The van der Waals surface area contributed by atoms with Gasteiger partial charge in [0.05, 0.1) is 12.7 Å². The number of nitrogens with one attached hydrogen (secondary N) is 1. The maximum absolute atomic E-state index is 11.3. The van der Waals surface area contributed by atoms with Gasteiger partial charge < -0.3 is 5.11 Å². The summed E-state index contributed by atoms with van der Waals surface area (Å²) < 4.78 is 0. The Kier molecular flexibility index (Phi) is 9.96. The first-order valence-corrected chi connectivity index (χ1v) is 13.3. The minimum atomic E-state index is -0.710. The number of fused-ring (bicyclic) bond motifs is 1. The number of piperidine rings is 1. The Hall–Kier alpha value is -0.610. The van der Waals surface area contributed by atoms with E-state index in [0.29, 0.717) is 6.04 Å². The molecule has 2 aliphatic carbocycles. The van der Waals surface area contributed by atoms with E-state index in [2.05, 4.69) is 17.1 Å². The number of rotatable bonds is 11. The maximum Gasteiger partial charge on any atom is 0.317 e. The summed E-state index contributed by atoms with van der Waals surface area (Å²) in [4.78, 5) is 13.3. The molecule has 2 saturated carbocycles. The summed E-state index contributed by atoms with van der Waals surface area (Å²) in [5.41, 5.74) is 0. The first kappa shape index (κ1) is 24.0. The average molecular weight is 421 g/mol. The number of aliphatic carboxylic acids is 1. The molecule has 5 atom stereocenters. The van der Waals surface area contributed by atoms with Crippen molar-refractivity contribution >= 4 is 5.97 Å². The lowest BCUT2D eigenvalue weighted by molar-refractivity contribution is -0.139. The largest absolute Gasteiger partial charge is 0.480 e. The van der Waals surface area contributed by atoms with Gasteiger partial charge in [-0.3, -0.25) is 15.0 Å². The highest BCUT2D eigenvalue weighted by Crippen LogP contribution is 2.47. The third kappa shape index (κ3) is 6.95. The molecule has 2 N–H and O–H groups in total. The Morgan fingerprint density at radius 3 is 2.40 bits per heavy atom. The molecule has 0 aromatic carbocycles. The molecule has 3 rings (SSSR count). The highest BCUT2D eigenvalue weighted by Gasteiger charge is 2.44. The second kappa shape index (κ2) is 12.4. The van der Waals surface area contributed by atoms with Crippen LogP contribution < -0.4 is 5.32 Å². The topological polar surface area (TPSA) is 52.6 Å². The van der Waals surface area contributed by atoms with Crippen LogP contribution in [0.5, 0.6) is 0 Å². The molecule has 4 nitrogen and oxygen atoms in total. The number of nitrogens with zero attached hydrogens (tertiary/aromatic N) is 1. The molecular weight excluding hydrogens is 372 g/mol. The summed E-state index contributed by atoms with van der Waals surface area (Å²) in [6.45, 7) is 2.44. The zero-order valence-corrected chi connectivity index (χ0v) is 19.8. The molecule has 0 aromatic rings. The first-order valence-electron chi connectivity index (χ1n) is 13.3.